The molecule has 0 bridgehead atoms. The zero-order valence-corrected chi connectivity index (χ0v) is 9.95. The highest BCUT2D eigenvalue weighted by atomic mass is 35.5. The van der Waals surface area contributed by atoms with Crippen LogP contribution < -0.4 is 0 Å². The van der Waals surface area contributed by atoms with Gasteiger partial charge in [0.25, 0.3) is 0 Å². The van der Waals surface area contributed by atoms with Crippen LogP contribution in [0.4, 0.5) is 0 Å². The molecule has 16 heavy (non-hydrogen) atoms. The molecule has 0 radical (unpaired) electrons. The van der Waals surface area contributed by atoms with Crippen LogP contribution in [0.2, 0.25) is 5.02 Å². The Morgan fingerprint density at radius 1 is 1.25 bits per heavy atom. The van der Waals surface area contributed by atoms with E-state index in [0.717, 1.165) is 5.56 Å². The molecule has 4 heteroatoms. The SMILES string of the molecule is CC(=O)CC(OC(C)=O)c1ccc(Cl)cc1. The van der Waals surface area contributed by atoms with Gasteiger partial charge >= 0.3 is 5.97 Å². The van der Waals surface area contributed by atoms with E-state index < -0.39 is 12.1 Å². The number of ether oxygens (including phenoxy) is 1. The van der Waals surface area contributed by atoms with Gasteiger partial charge in [-0.05, 0) is 24.6 Å². The normalized spacial score (nSPS) is 11.9. The van der Waals surface area contributed by atoms with Gasteiger partial charge in [-0.3, -0.25) is 9.59 Å². The van der Waals surface area contributed by atoms with E-state index in [4.69, 9.17) is 16.3 Å². The lowest BCUT2D eigenvalue weighted by molar-refractivity contribution is -0.147. The number of hydrogen-bond donors (Lipinski definition) is 0. The molecule has 0 aliphatic heterocycles. The van der Waals surface area contributed by atoms with Crippen LogP contribution in [0.3, 0.4) is 0 Å². The van der Waals surface area contributed by atoms with Crippen molar-refractivity contribution in [3.8, 4) is 0 Å². The molecule has 0 aliphatic carbocycles. The second-order valence-corrected chi connectivity index (χ2v) is 3.99. The Morgan fingerprint density at radius 3 is 2.25 bits per heavy atom. The van der Waals surface area contributed by atoms with E-state index >= 15 is 0 Å². The van der Waals surface area contributed by atoms with Crippen molar-refractivity contribution in [3.05, 3.63) is 34.9 Å². The summed E-state index contributed by atoms with van der Waals surface area (Å²) in [5, 5.41) is 0.605. The van der Waals surface area contributed by atoms with Gasteiger partial charge in [-0.15, -0.1) is 0 Å². The molecule has 0 amide bonds. The summed E-state index contributed by atoms with van der Waals surface area (Å²) in [5.41, 5.74) is 0.773. The van der Waals surface area contributed by atoms with Crippen molar-refractivity contribution in [2.24, 2.45) is 0 Å². The van der Waals surface area contributed by atoms with E-state index in [1.807, 2.05) is 0 Å². The summed E-state index contributed by atoms with van der Waals surface area (Å²) >= 11 is 5.75. The van der Waals surface area contributed by atoms with Crippen molar-refractivity contribution >= 4 is 23.4 Å². The molecule has 1 unspecified atom stereocenters. The van der Waals surface area contributed by atoms with E-state index in [1.54, 1.807) is 24.3 Å². The van der Waals surface area contributed by atoms with Crippen molar-refractivity contribution in [2.75, 3.05) is 0 Å². The molecular weight excluding hydrogens is 228 g/mol. The van der Waals surface area contributed by atoms with Crippen LogP contribution in [0.15, 0.2) is 24.3 Å². The van der Waals surface area contributed by atoms with Gasteiger partial charge in [-0.1, -0.05) is 23.7 Å². The molecule has 1 aromatic rings. The topological polar surface area (TPSA) is 43.4 Å². The van der Waals surface area contributed by atoms with Gasteiger partial charge in [0.05, 0.1) is 0 Å². The highest BCUT2D eigenvalue weighted by Crippen LogP contribution is 2.23. The summed E-state index contributed by atoms with van der Waals surface area (Å²) in [6, 6.07) is 6.90. The first-order valence-corrected chi connectivity index (χ1v) is 5.29. The van der Waals surface area contributed by atoms with Crippen LogP contribution in [0.5, 0.6) is 0 Å². The fourth-order valence-corrected chi connectivity index (χ4v) is 1.49. The summed E-state index contributed by atoms with van der Waals surface area (Å²) < 4.78 is 5.08. The molecular formula is C12H13ClO3. The molecule has 86 valence electrons. The Bertz CT molecular complexity index is 368. The van der Waals surface area contributed by atoms with Gasteiger partial charge in [0.15, 0.2) is 0 Å². The molecule has 3 nitrogen and oxygen atoms in total. The van der Waals surface area contributed by atoms with Gasteiger partial charge in [-0.25, -0.2) is 0 Å². The quantitative estimate of drug-likeness (QED) is 0.760. The number of carbonyl (C=O) groups is 2. The molecule has 1 atom stereocenters. The van der Waals surface area contributed by atoms with E-state index in [-0.39, 0.29) is 12.2 Å². The maximum absolute atomic E-state index is 11.1. The third-order valence-electron chi connectivity index (χ3n) is 2.02. The number of ketones is 1. The second kappa shape index (κ2) is 5.66. The minimum atomic E-state index is -0.521. The van der Waals surface area contributed by atoms with E-state index in [1.165, 1.54) is 13.8 Å². The van der Waals surface area contributed by atoms with E-state index in [0.29, 0.717) is 5.02 Å². The van der Waals surface area contributed by atoms with Crippen molar-refractivity contribution in [1.29, 1.82) is 0 Å². The van der Waals surface area contributed by atoms with Crippen molar-refractivity contribution < 1.29 is 14.3 Å². The molecule has 0 aromatic heterocycles. The average molecular weight is 241 g/mol. The summed E-state index contributed by atoms with van der Waals surface area (Å²) in [4.78, 5) is 22.0. The molecule has 0 N–H and O–H groups in total. The lowest BCUT2D eigenvalue weighted by Crippen LogP contribution is -2.11. The average Bonchev–Trinajstić information content (AvgIpc) is 2.16. The molecule has 0 spiro atoms. The van der Waals surface area contributed by atoms with Gasteiger partial charge in [0, 0.05) is 18.4 Å². The van der Waals surface area contributed by atoms with Gasteiger partial charge in [-0.2, -0.15) is 0 Å². The first-order chi connectivity index (χ1) is 7.49. The number of hydrogen-bond acceptors (Lipinski definition) is 3. The minimum Gasteiger partial charge on any atom is -0.457 e. The highest BCUT2D eigenvalue weighted by Gasteiger charge is 2.16. The van der Waals surface area contributed by atoms with Gasteiger partial charge in [0.2, 0.25) is 0 Å². The third-order valence-corrected chi connectivity index (χ3v) is 2.27. The maximum atomic E-state index is 11.1. The van der Waals surface area contributed by atoms with Crippen LogP contribution in [-0.2, 0) is 14.3 Å². The van der Waals surface area contributed by atoms with E-state index in [9.17, 15) is 9.59 Å². The highest BCUT2D eigenvalue weighted by molar-refractivity contribution is 6.30. The lowest BCUT2D eigenvalue weighted by atomic mass is 10.0. The van der Waals surface area contributed by atoms with Crippen LogP contribution in [-0.4, -0.2) is 11.8 Å². The number of benzene rings is 1. The first-order valence-electron chi connectivity index (χ1n) is 4.91. The van der Waals surface area contributed by atoms with Crippen LogP contribution in [0.25, 0.3) is 0 Å². The summed E-state index contributed by atoms with van der Waals surface area (Å²) in [7, 11) is 0. The summed E-state index contributed by atoms with van der Waals surface area (Å²) in [6.07, 6.45) is -0.339. The largest absolute Gasteiger partial charge is 0.457 e. The van der Waals surface area contributed by atoms with Gasteiger partial charge in [0.1, 0.15) is 11.9 Å². The Hall–Kier alpha value is -1.35. The number of carbonyl (C=O) groups excluding carboxylic acids is 2. The molecule has 0 heterocycles. The molecule has 0 aliphatic rings. The fourth-order valence-electron chi connectivity index (χ4n) is 1.37. The Labute approximate surface area is 99.4 Å². The lowest BCUT2D eigenvalue weighted by Gasteiger charge is -2.15. The van der Waals surface area contributed by atoms with Crippen LogP contribution in [0.1, 0.15) is 31.9 Å². The first kappa shape index (κ1) is 12.7. The smallest absolute Gasteiger partial charge is 0.303 e. The van der Waals surface area contributed by atoms with Crippen molar-refractivity contribution in [3.63, 3.8) is 0 Å². The fraction of sp³-hybridized carbons (Fsp3) is 0.333. The molecule has 0 saturated heterocycles. The zero-order valence-electron chi connectivity index (χ0n) is 9.20. The third kappa shape index (κ3) is 4.03. The molecule has 0 saturated carbocycles. The number of esters is 1. The Balaban J connectivity index is 2.86. The summed E-state index contributed by atoms with van der Waals surface area (Å²) in [6.45, 7) is 2.79. The summed E-state index contributed by atoms with van der Waals surface area (Å²) in [5.74, 6) is -0.428. The molecule has 1 rings (SSSR count). The van der Waals surface area contributed by atoms with Crippen LogP contribution >= 0.6 is 11.6 Å². The van der Waals surface area contributed by atoms with Crippen molar-refractivity contribution in [2.45, 2.75) is 26.4 Å². The maximum Gasteiger partial charge on any atom is 0.303 e. The van der Waals surface area contributed by atoms with E-state index in [2.05, 4.69) is 0 Å². The van der Waals surface area contributed by atoms with Crippen molar-refractivity contribution in [1.82, 2.24) is 0 Å². The number of halogens is 1. The Kier molecular flexibility index (Phi) is 4.50. The minimum absolute atomic E-state index is 0.0267. The predicted molar refractivity (Wildman–Crippen MR) is 61.3 cm³/mol. The zero-order chi connectivity index (χ0) is 12.1. The Morgan fingerprint density at radius 2 is 1.81 bits per heavy atom. The number of rotatable bonds is 4. The van der Waals surface area contributed by atoms with Gasteiger partial charge < -0.3 is 4.74 Å². The second-order valence-electron chi connectivity index (χ2n) is 3.56. The number of Topliss-reactive ketones (excluding diaryl/α,β-unsaturated/α-hetero) is 1. The predicted octanol–water partition coefficient (Wildman–Crippen LogP) is 2.92. The monoisotopic (exact) mass is 240 g/mol. The van der Waals surface area contributed by atoms with Crippen LogP contribution in [0, 0.1) is 0 Å². The molecule has 1 aromatic carbocycles. The molecule has 0 fully saturated rings. The standard InChI is InChI=1S/C12H13ClO3/c1-8(14)7-12(16-9(2)15)10-3-5-11(13)6-4-10/h3-6,12H,7H2,1-2H3.